The molecular formula is C31H39N5O5. The number of carbonyl (C=O) groups excluding carboxylic acids is 2. The van der Waals surface area contributed by atoms with Gasteiger partial charge in [-0.05, 0) is 55.0 Å². The number of esters is 1. The topological polar surface area (TPSA) is 133 Å². The van der Waals surface area contributed by atoms with Gasteiger partial charge >= 0.3 is 5.97 Å². The number of nitrogens with one attached hydrogen (secondary N) is 1. The highest BCUT2D eigenvalue weighted by Gasteiger charge is 2.32. The third-order valence-corrected chi connectivity index (χ3v) is 7.40. The standard InChI is InChI=1S/C31H39N5O5/c1-6-40-25(37)19-41-24-15-17-35(18-16-24)29(38)26-27(20-7-11-22(12-8-20)31(2,3)4)34(5)36(30(26)39)23-13-9-21(10-14-23)28(32)33/h7-14,24H,6,15-19H2,1-5H3,(H3,32,33). The summed E-state index contributed by atoms with van der Waals surface area (Å²) in [4.78, 5) is 41.3. The highest BCUT2D eigenvalue weighted by atomic mass is 16.6. The van der Waals surface area contributed by atoms with Crippen molar-refractivity contribution in [3.8, 4) is 16.9 Å². The van der Waals surface area contributed by atoms with Crippen LogP contribution in [0.1, 0.15) is 62.0 Å². The van der Waals surface area contributed by atoms with Crippen LogP contribution in [-0.2, 0) is 26.7 Å². The van der Waals surface area contributed by atoms with Crippen molar-refractivity contribution in [1.82, 2.24) is 14.3 Å². The summed E-state index contributed by atoms with van der Waals surface area (Å²) >= 11 is 0. The SMILES string of the molecule is CCOC(=O)COC1CCN(C(=O)c2c(-c3ccc(C(C)(C)C)cc3)n(C)n(-c3ccc(C(=N)N)cc3)c2=O)CC1. The minimum atomic E-state index is -0.427. The molecule has 0 unspecified atom stereocenters. The number of rotatable bonds is 8. The first kappa shape index (κ1) is 29.8. The number of amides is 1. The average molecular weight is 562 g/mol. The zero-order valence-corrected chi connectivity index (χ0v) is 24.4. The van der Waals surface area contributed by atoms with Crippen LogP contribution in [0.3, 0.4) is 0 Å². The second-order valence-electron chi connectivity index (χ2n) is 11.3. The minimum absolute atomic E-state index is 0.0485. The van der Waals surface area contributed by atoms with Gasteiger partial charge in [-0.25, -0.2) is 9.48 Å². The summed E-state index contributed by atoms with van der Waals surface area (Å²) < 4.78 is 13.8. The van der Waals surface area contributed by atoms with Gasteiger partial charge in [0.25, 0.3) is 11.5 Å². The second-order valence-corrected chi connectivity index (χ2v) is 11.3. The van der Waals surface area contributed by atoms with Crippen molar-refractivity contribution in [3.63, 3.8) is 0 Å². The first-order valence-corrected chi connectivity index (χ1v) is 13.9. The molecule has 0 saturated carbocycles. The summed E-state index contributed by atoms with van der Waals surface area (Å²) in [5.41, 5.74) is 8.76. The number of hydrogen-bond donors (Lipinski definition) is 2. The van der Waals surface area contributed by atoms with Crippen LogP contribution in [0.15, 0.2) is 53.3 Å². The number of hydrogen-bond acceptors (Lipinski definition) is 6. The van der Waals surface area contributed by atoms with Crippen molar-refractivity contribution in [2.45, 2.75) is 52.1 Å². The van der Waals surface area contributed by atoms with Gasteiger partial charge in [-0.2, -0.15) is 0 Å². The Hall–Kier alpha value is -4.18. The molecule has 3 N–H and O–H groups in total. The lowest BCUT2D eigenvalue weighted by molar-refractivity contribution is -0.151. The van der Waals surface area contributed by atoms with Gasteiger partial charge < -0.3 is 20.1 Å². The Balaban J connectivity index is 1.69. The molecule has 1 aliphatic heterocycles. The Morgan fingerprint density at radius 2 is 1.63 bits per heavy atom. The van der Waals surface area contributed by atoms with E-state index >= 15 is 0 Å². The number of nitrogens with zero attached hydrogens (tertiary/aromatic N) is 3. The smallest absolute Gasteiger partial charge is 0.332 e. The molecule has 0 bridgehead atoms. The molecule has 2 heterocycles. The van der Waals surface area contributed by atoms with E-state index in [2.05, 4.69) is 20.8 Å². The van der Waals surface area contributed by atoms with E-state index < -0.39 is 11.5 Å². The molecule has 1 saturated heterocycles. The van der Waals surface area contributed by atoms with Gasteiger partial charge in [0, 0.05) is 31.3 Å². The minimum Gasteiger partial charge on any atom is -0.464 e. The molecule has 218 valence electrons. The molecule has 0 radical (unpaired) electrons. The van der Waals surface area contributed by atoms with Gasteiger partial charge in [0.1, 0.15) is 18.0 Å². The zero-order chi connectivity index (χ0) is 29.9. The highest BCUT2D eigenvalue weighted by Crippen LogP contribution is 2.29. The van der Waals surface area contributed by atoms with E-state index in [1.54, 1.807) is 47.8 Å². The molecule has 3 aromatic rings. The second kappa shape index (κ2) is 12.1. The van der Waals surface area contributed by atoms with Crippen LogP contribution >= 0.6 is 0 Å². The van der Waals surface area contributed by atoms with Crippen molar-refractivity contribution >= 4 is 17.7 Å². The summed E-state index contributed by atoms with van der Waals surface area (Å²) in [5.74, 6) is -0.821. The number of nitrogens with two attached hydrogens (primary N) is 1. The van der Waals surface area contributed by atoms with Gasteiger partial charge in [0.15, 0.2) is 0 Å². The molecule has 0 spiro atoms. The van der Waals surface area contributed by atoms with Crippen molar-refractivity contribution in [3.05, 3.63) is 75.6 Å². The fraction of sp³-hybridized carbons (Fsp3) is 0.419. The van der Waals surface area contributed by atoms with Crippen LogP contribution in [0.25, 0.3) is 16.9 Å². The number of ether oxygens (including phenoxy) is 2. The van der Waals surface area contributed by atoms with E-state index in [-0.39, 0.29) is 35.4 Å². The van der Waals surface area contributed by atoms with E-state index in [1.807, 2.05) is 24.3 Å². The van der Waals surface area contributed by atoms with Gasteiger partial charge in [-0.3, -0.25) is 19.7 Å². The molecule has 0 aliphatic carbocycles. The first-order chi connectivity index (χ1) is 19.4. The van der Waals surface area contributed by atoms with E-state index in [9.17, 15) is 14.4 Å². The predicted octanol–water partition coefficient (Wildman–Crippen LogP) is 3.61. The Kier molecular flexibility index (Phi) is 8.82. The van der Waals surface area contributed by atoms with Crippen molar-refractivity contribution < 1.29 is 19.1 Å². The van der Waals surface area contributed by atoms with E-state index in [0.717, 1.165) is 11.1 Å². The van der Waals surface area contributed by atoms with Gasteiger partial charge in [-0.15, -0.1) is 0 Å². The molecule has 1 aromatic heterocycles. The molecule has 1 fully saturated rings. The van der Waals surface area contributed by atoms with Crippen LogP contribution < -0.4 is 11.3 Å². The molecule has 1 amide bonds. The Morgan fingerprint density at radius 3 is 2.17 bits per heavy atom. The molecule has 4 rings (SSSR count). The van der Waals surface area contributed by atoms with Crippen molar-refractivity contribution in [1.29, 1.82) is 5.41 Å². The maximum absolute atomic E-state index is 14.0. The number of aromatic nitrogens is 2. The lowest BCUT2D eigenvalue weighted by atomic mass is 9.86. The maximum Gasteiger partial charge on any atom is 0.332 e. The molecule has 2 aromatic carbocycles. The molecule has 1 aliphatic rings. The fourth-order valence-electron chi connectivity index (χ4n) is 5.10. The Labute approximate surface area is 240 Å². The van der Waals surface area contributed by atoms with E-state index in [1.165, 1.54) is 4.68 Å². The Bertz CT molecular complexity index is 1470. The lowest BCUT2D eigenvalue weighted by Gasteiger charge is -2.31. The normalized spacial score (nSPS) is 14.2. The van der Waals surface area contributed by atoms with Crippen molar-refractivity contribution in [2.24, 2.45) is 12.8 Å². The summed E-state index contributed by atoms with van der Waals surface area (Å²) in [6.07, 6.45) is 0.933. The third kappa shape index (κ3) is 6.43. The number of likely N-dealkylation sites (tertiary alicyclic amines) is 1. The van der Waals surface area contributed by atoms with Gasteiger partial charge in [-0.1, -0.05) is 45.0 Å². The zero-order valence-electron chi connectivity index (χ0n) is 24.4. The molecule has 41 heavy (non-hydrogen) atoms. The summed E-state index contributed by atoms with van der Waals surface area (Å²) in [5, 5.41) is 7.68. The molecular weight excluding hydrogens is 522 g/mol. The number of carbonyl (C=O) groups is 2. The van der Waals surface area contributed by atoms with Crippen LogP contribution in [0.2, 0.25) is 0 Å². The summed E-state index contributed by atoms with van der Waals surface area (Å²) in [7, 11) is 1.76. The molecule has 10 nitrogen and oxygen atoms in total. The number of nitrogen functional groups attached to an aromatic ring is 1. The van der Waals surface area contributed by atoms with Gasteiger partial charge in [0.2, 0.25) is 0 Å². The number of amidine groups is 1. The predicted molar refractivity (Wildman–Crippen MR) is 158 cm³/mol. The van der Waals surface area contributed by atoms with Gasteiger partial charge in [0.05, 0.1) is 24.1 Å². The quantitative estimate of drug-likeness (QED) is 0.245. The first-order valence-electron chi connectivity index (χ1n) is 13.9. The lowest BCUT2D eigenvalue weighted by Crippen LogP contribution is -2.43. The Morgan fingerprint density at radius 1 is 1.02 bits per heavy atom. The van der Waals surface area contributed by atoms with E-state index in [4.69, 9.17) is 20.6 Å². The number of piperidine rings is 1. The van der Waals surface area contributed by atoms with Crippen molar-refractivity contribution in [2.75, 3.05) is 26.3 Å². The van der Waals surface area contributed by atoms with Crippen LogP contribution in [0.4, 0.5) is 0 Å². The summed E-state index contributed by atoms with van der Waals surface area (Å²) in [6.45, 7) is 9.12. The fourth-order valence-corrected chi connectivity index (χ4v) is 5.10. The molecule has 0 atom stereocenters. The third-order valence-electron chi connectivity index (χ3n) is 7.40. The van der Waals surface area contributed by atoms with Crippen LogP contribution in [-0.4, -0.2) is 64.4 Å². The van der Waals surface area contributed by atoms with Crippen LogP contribution in [0, 0.1) is 5.41 Å². The number of benzene rings is 2. The highest BCUT2D eigenvalue weighted by molar-refractivity contribution is 6.00. The van der Waals surface area contributed by atoms with Crippen LogP contribution in [0.5, 0.6) is 0 Å². The van der Waals surface area contributed by atoms with E-state index in [0.29, 0.717) is 49.5 Å². The monoisotopic (exact) mass is 561 g/mol. The molecule has 10 heteroatoms. The summed E-state index contributed by atoms with van der Waals surface area (Å²) in [6, 6.07) is 14.7. The average Bonchev–Trinajstić information content (AvgIpc) is 3.21. The maximum atomic E-state index is 14.0. The largest absolute Gasteiger partial charge is 0.464 e.